The minimum Gasteiger partial charge on any atom is -0.341 e. The second-order valence-corrected chi connectivity index (χ2v) is 5.91. The number of carbonyl (C=O) groups excluding carboxylic acids is 2. The maximum Gasteiger partial charge on any atom is 0.321 e. The molecule has 0 fully saturated rings. The van der Waals surface area contributed by atoms with Crippen LogP contribution in [0.5, 0.6) is 0 Å². The molecule has 1 atom stereocenters. The number of carbonyl (C=O) groups is 2. The number of nitrogens with one attached hydrogen (secondary N) is 2. The van der Waals surface area contributed by atoms with Crippen molar-refractivity contribution < 1.29 is 9.59 Å². The summed E-state index contributed by atoms with van der Waals surface area (Å²) in [6, 6.07) is 3.71. The normalized spacial score (nSPS) is 11.8. The molecule has 0 spiro atoms. The maximum absolute atomic E-state index is 11.8. The summed E-state index contributed by atoms with van der Waals surface area (Å²) in [6.45, 7) is 7.91. The lowest BCUT2D eigenvalue weighted by atomic mass is 10.1. The van der Waals surface area contributed by atoms with Crippen LogP contribution < -0.4 is 10.6 Å². The second kappa shape index (κ2) is 6.61. The van der Waals surface area contributed by atoms with E-state index in [-0.39, 0.29) is 11.2 Å². The smallest absolute Gasteiger partial charge is 0.321 e. The highest BCUT2D eigenvalue weighted by molar-refractivity contribution is 8.00. The molecule has 0 bridgehead atoms. The van der Waals surface area contributed by atoms with Gasteiger partial charge in [-0.2, -0.15) is 0 Å². The van der Waals surface area contributed by atoms with Crippen molar-refractivity contribution in [3.8, 4) is 0 Å². The van der Waals surface area contributed by atoms with E-state index in [0.29, 0.717) is 0 Å². The zero-order valence-corrected chi connectivity index (χ0v) is 12.8. The van der Waals surface area contributed by atoms with Gasteiger partial charge in [-0.1, -0.05) is 17.7 Å². The predicted octanol–water partition coefficient (Wildman–Crippen LogP) is 2.55. The fourth-order valence-electron chi connectivity index (χ4n) is 1.86. The Hall–Kier alpha value is -1.49. The van der Waals surface area contributed by atoms with Gasteiger partial charge in [-0.05, 0) is 38.8 Å². The monoisotopic (exact) mass is 280 g/mol. The van der Waals surface area contributed by atoms with Crippen molar-refractivity contribution in [1.82, 2.24) is 10.6 Å². The van der Waals surface area contributed by atoms with Gasteiger partial charge in [-0.3, -0.25) is 10.1 Å². The highest BCUT2D eigenvalue weighted by atomic mass is 32.2. The fraction of sp³-hybridized carbons (Fsp3) is 0.429. The van der Waals surface area contributed by atoms with Crippen molar-refractivity contribution in [3.63, 3.8) is 0 Å². The average Bonchev–Trinajstić information content (AvgIpc) is 2.32. The minimum absolute atomic E-state index is 0.288. The molecular weight excluding hydrogens is 260 g/mol. The molecule has 1 aromatic carbocycles. The van der Waals surface area contributed by atoms with Gasteiger partial charge < -0.3 is 5.32 Å². The van der Waals surface area contributed by atoms with Gasteiger partial charge in [0.2, 0.25) is 5.91 Å². The Morgan fingerprint density at radius 1 is 1.16 bits per heavy atom. The molecule has 4 nitrogen and oxygen atoms in total. The van der Waals surface area contributed by atoms with Gasteiger partial charge in [0.1, 0.15) is 0 Å². The molecular formula is C14H20N2O2S. The Bertz CT molecular complexity index is 477. The molecule has 0 aromatic heterocycles. The van der Waals surface area contributed by atoms with Crippen LogP contribution in [0.25, 0.3) is 0 Å². The lowest BCUT2D eigenvalue weighted by Crippen LogP contribution is -2.41. The van der Waals surface area contributed by atoms with E-state index < -0.39 is 6.03 Å². The molecule has 0 heterocycles. The molecule has 1 aromatic rings. The van der Waals surface area contributed by atoms with E-state index in [1.165, 1.54) is 24.4 Å². The highest BCUT2D eigenvalue weighted by Crippen LogP contribution is 2.30. The predicted molar refractivity (Wildman–Crippen MR) is 78.6 cm³/mol. The summed E-state index contributed by atoms with van der Waals surface area (Å²) in [6.07, 6.45) is 0. The summed E-state index contributed by atoms with van der Waals surface area (Å²) >= 11 is 1.47. The van der Waals surface area contributed by atoms with Gasteiger partial charge in [0.05, 0.1) is 5.25 Å². The number of urea groups is 1. The minimum atomic E-state index is -0.477. The molecule has 0 aliphatic carbocycles. The topological polar surface area (TPSA) is 58.2 Å². The zero-order valence-electron chi connectivity index (χ0n) is 12.0. The second-order valence-electron chi connectivity index (χ2n) is 4.56. The van der Waals surface area contributed by atoms with E-state index in [1.54, 1.807) is 6.92 Å². The first-order valence-corrected chi connectivity index (χ1v) is 7.00. The van der Waals surface area contributed by atoms with Crippen LogP contribution in [-0.4, -0.2) is 24.2 Å². The largest absolute Gasteiger partial charge is 0.341 e. The van der Waals surface area contributed by atoms with Crippen LogP contribution in [0.1, 0.15) is 23.6 Å². The van der Waals surface area contributed by atoms with Crippen LogP contribution in [0, 0.1) is 20.8 Å². The van der Waals surface area contributed by atoms with Gasteiger partial charge in [-0.25, -0.2) is 4.79 Å². The van der Waals surface area contributed by atoms with E-state index in [4.69, 9.17) is 0 Å². The Labute approximate surface area is 118 Å². The number of imide groups is 1. The summed E-state index contributed by atoms with van der Waals surface area (Å²) in [4.78, 5) is 24.0. The van der Waals surface area contributed by atoms with Crippen molar-refractivity contribution >= 4 is 23.7 Å². The van der Waals surface area contributed by atoms with Crippen LogP contribution in [0.2, 0.25) is 0 Å². The highest BCUT2D eigenvalue weighted by Gasteiger charge is 2.18. The molecule has 0 saturated carbocycles. The first kappa shape index (κ1) is 15.6. The van der Waals surface area contributed by atoms with E-state index in [1.807, 2.05) is 13.8 Å². The van der Waals surface area contributed by atoms with Crippen LogP contribution in [0.4, 0.5) is 4.79 Å². The first-order chi connectivity index (χ1) is 8.85. The fourth-order valence-corrected chi connectivity index (χ4v) is 2.87. The molecule has 0 aliphatic rings. The summed E-state index contributed by atoms with van der Waals surface area (Å²) in [7, 11) is 1.48. The van der Waals surface area contributed by atoms with Gasteiger partial charge in [0, 0.05) is 11.9 Å². The first-order valence-electron chi connectivity index (χ1n) is 6.12. The Balaban J connectivity index is 2.80. The standard InChI is InChI=1S/C14H20N2O2S/c1-8-6-9(2)12(10(3)7-8)19-11(4)13(17)16-14(18)15-5/h6-7,11H,1-5H3,(H2,15,16,17,18). The lowest BCUT2D eigenvalue weighted by Gasteiger charge is -2.15. The van der Waals surface area contributed by atoms with E-state index in [9.17, 15) is 9.59 Å². The number of aryl methyl sites for hydroxylation is 3. The molecule has 3 amide bonds. The van der Waals surface area contributed by atoms with Gasteiger partial charge >= 0.3 is 6.03 Å². The third-order valence-electron chi connectivity index (χ3n) is 2.73. The quantitative estimate of drug-likeness (QED) is 0.837. The van der Waals surface area contributed by atoms with E-state index in [0.717, 1.165) is 16.0 Å². The summed E-state index contributed by atoms with van der Waals surface area (Å²) < 4.78 is 0. The van der Waals surface area contributed by atoms with Crippen LogP contribution in [-0.2, 0) is 4.79 Å². The molecule has 0 radical (unpaired) electrons. The third kappa shape index (κ3) is 4.28. The number of rotatable bonds is 3. The number of benzene rings is 1. The SMILES string of the molecule is CNC(=O)NC(=O)C(C)Sc1c(C)cc(C)cc1C. The average molecular weight is 280 g/mol. The number of amides is 3. The number of hydrogen-bond donors (Lipinski definition) is 2. The van der Waals surface area contributed by atoms with E-state index in [2.05, 4.69) is 29.7 Å². The summed E-state index contributed by atoms with van der Waals surface area (Å²) in [5.74, 6) is -0.288. The summed E-state index contributed by atoms with van der Waals surface area (Å²) in [5.41, 5.74) is 3.52. The molecule has 2 N–H and O–H groups in total. The Kier molecular flexibility index (Phi) is 5.42. The van der Waals surface area contributed by atoms with Crippen LogP contribution >= 0.6 is 11.8 Å². The van der Waals surface area contributed by atoms with Crippen molar-refractivity contribution in [2.45, 2.75) is 37.8 Å². The van der Waals surface area contributed by atoms with E-state index >= 15 is 0 Å². The molecule has 1 unspecified atom stereocenters. The van der Waals surface area contributed by atoms with Crippen LogP contribution in [0.3, 0.4) is 0 Å². The molecule has 19 heavy (non-hydrogen) atoms. The van der Waals surface area contributed by atoms with Crippen molar-refractivity contribution in [1.29, 1.82) is 0 Å². The maximum atomic E-state index is 11.8. The Morgan fingerprint density at radius 3 is 2.16 bits per heavy atom. The van der Waals surface area contributed by atoms with Crippen molar-refractivity contribution in [2.24, 2.45) is 0 Å². The molecule has 0 aliphatic heterocycles. The van der Waals surface area contributed by atoms with Gasteiger partial charge in [0.25, 0.3) is 0 Å². The zero-order chi connectivity index (χ0) is 14.6. The van der Waals surface area contributed by atoms with Gasteiger partial charge in [0.15, 0.2) is 0 Å². The van der Waals surface area contributed by atoms with Crippen LogP contribution in [0.15, 0.2) is 17.0 Å². The lowest BCUT2D eigenvalue weighted by molar-refractivity contribution is -0.119. The molecule has 1 rings (SSSR count). The van der Waals surface area contributed by atoms with Crippen molar-refractivity contribution in [2.75, 3.05) is 7.05 Å². The molecule has 0 saturated heterocycles. The van der Waals surface area contributed by atoms with Gasteiger partial charge in [-0.15, -0.1) is 11.8 Å². The molecule has 5 heteroatoms. The number of hydrogen-bond acceptors (Lipinski definition) is 3. The Morgan fingerprint density at radius 2 is 1.68 bits per heavy atom. The van der Waals surface area contributed by atoms with Crippen molar-refractivity contribution in [3.05, 3.63) is 28.8 Å². The summed E-state index contributed by atoms with van der Waals surface area (Å²) in [5, 5.41) is 4.33. The third-order valence-corrected chi connectivity index (χ3v) is 4.18. The molecule has 104 valence electrons. The number of thioether (sulfide) groups is 1.